The van der Waals surface area contributed by atoms with Crippen LogP contribution in [-0.4, -0.2) is 29.1 Å². The average molecular weight is 272 g/mol. The molecule has 0 aliphatic carbocycles. The Kier molecular flexibility index (Phi) is 5.73. The first-order valence-corrected chi connectivity index (χ1v) is 6.41. The van der Waals surface area contributed by atoms with Crippen LogP contribution in [0, 0.1) is 0 Å². The zero-order valence-electron chi connectivity index (χ0n) is 10.4. The Labute approximate surface area is 109 Å². The monoisotopic (exact) mass is 272 g/mol. The van der Waals surface area contributed by atoms with Crippen LogP contribution >= 0.6 is 11.3 Å². The second-order valence-electron chi connectivity index (χ2n) is 3.68. The zero-order chi connectivity index (χ0) is 13.5. The van der Waals surface area contributed by atoms with Crippen molar-refractivity contribution in [1.29, 1.82) is 0 Å². The second kappa shape index (κ2) is 7.07. The van der Waals surface area contributed by atoms with Gasteiger partial charge in [-0.05, 0) is 6.42 Å². The number of methoxy groups -OCH3 is 1. The van der Waals surface area contributed by atoms with E-state index >= 15 is 0 Å². The van der Waals surface area contributed by atoms with E-state index in [2.05, 4.69) is 10.3 Å². The molecule has 0 radical (unpaired) electrons. The Morgan fingerprint density at radius 1 is 1.50 bits per heavy atom. The van der Waals surface area contributed by atoms with Gasteiger partial charge in [0.1, 0.15) is 4.88 Å². The number of hydrogen-bond donors (Lipinski definition) is 2. The van der Waals surface area contributed by atoms with Crippen LogP contribution in [0.4, 0.5) is 5.13 Å². The summed E-state index contributed by atoms with van der Waals surface area (Å²) in [5, 5.41) is 11.9. The number of carboxylic acid groups (broad SMARTS) is 1. The summed E-state index contributed by atoms with van der Waals surface area (Å²) in [4.78, 5) is 26.6. The molecule has 1 rings (SSSR count). The lowest BCUT2D eigenvalue weighted by Gasteiger charge is -1.99. The highest BCUT2D eigenvalue weighted by molar-refractivity contribution is 7.17. The third-order valence-electron chi connectivity index (χ3n) is 2.18. The smallest absolute Gasteiger partial charge is 0.347 e. The lowest BCUT2D eigenvalue weighted by atomic mass is 10.2. The predicted octanol–water partition coefficient (Wildman–Crippen LogP) is 2.12. The maximum Gasteiger partial charge on any atom is 0.347 e. The number of carbonyl (C=O) groups excluding carboxylic acids is 1. The van der Waals surface area contributed by atoms with Crippen LogP contribution in [-0.2, 0) is 16.1 Å². The molecule has 18 heavy (non-hydrogen) atoms. The highest BCUT2D eigenvalue weighted by atomic mass is 32.1. The summed E-state index contributed by atoms with van der Waals surface area (Å²) in [5.41, 5.74) is 0.334. The number of nitrogens with zero attached hydrogens (tertiary/aromatic N) is 1. The van der Waals surface area contributed by atoms with E-state index in [9.17, 15) is 9.59 Å². The van der Waals surface area contributed by atoms with Crippen molar-refractivity contribution in [3.8, 4) is 0 Å². The summed E-state index contributed by atoms with van der Waals surface area (Å²) in [6.45, 7) is 2.11. The van der Waals surface area contributed by atoms with E-state index in [0.717, 1.165) is 24.2 Å². The van der Waals surface area contributed by atoms with E-state index in [4.69, 9.17) is 9.84 Å². The van der Waals surface area contributed by atoms with E-state index in [1.54, 1.807) is 0 Å². The summed E-state index contributed by atoms with van der Waals surface area (Å²) in [6, 6.07) is 0. The first kappa shape index (κ1) is 14.6. The van der Waals surface area contributed by atoms with Crippen LogP contribution in [0.2, 0.25) is 0 Å². The van der Waals surface area contributed by atoms with Crippen molar-refractivity contribution in [3.05, 3.63) is 10.6 Å². The molecule has 0 saturated heterocycles. The molecule has 0 bridgehead atoms. The van der Waals surface area contributed by atoms with Crippen LogP contribution in [0.15, 0.2) is 0 Å². The number of aromatic nitrogens is 1. The molecule has 0 fully saturated rings. The van der Waals surface area contributed by atoms with Crippen molar-refractivity contribution < 1.29 is 19.4 Å². The van der Waals surface area contributed by atoms with Crippen LogP contribution < -0.4 is 5.32 Å². The number of carboxylic acids is 1. The van der Waals surface area contributed by atoms with Gasteiger partial charge in [-0.25, -0.2) is 9.78 Å². The molecule has 0 aromatic carbocycles. The molecule has 0 saturated carbocycles. The number of hydrogen-bond acceptors (Lipinski definition) is 5. The summed E-state index contributed by atoms with van der Waals surface area (Å²) in [7, 11) is 1.46. The van der Waals surface area contributed by atoms with Gasteiger partial charge in [-0.3, -0.25) is 4.79 Å². The van der Waals surface area contributed by atoms with Gasteiger partial charge < -0.3 is 15.2 Å². The Balaban J connectivity index is 2.75. The van der Waals surface area contributed by atoms with Crippen LogP contribution in [0.1, 0.15) is 41.6 Å². The number of rotatable bonds is 7. The average Bonchev–Trinajstić information content (AvgIpc) is 2.70. The fourth-order valence-electron chi connectivity index (χ4n) is 1.33. The van der Waals surface area contributed by atoms with E-state index in [1.165, 1.54) is 7.11 Å². The predicted molar refractivity (Wildman–Crippen MR) is 67.9 cm³/mol. The van der Waals surface area contributed by atoms with Gasteiger partial charge in [-0.2, -0.15) is 0 Å². The Morgan fingerprint density at radius 2 is 2.22 bits per heavy atom. The van der Waals surface area contributed by atoms with Crippen molar-refractivity contribution in [2.45, 2.75) is 32.8 Å². The number of carbonyl (C=O) groups is 2. The molecule has 1 heterocycles. The molecule has 6 nitrogen and oxygen atoms in total. The topological polar surface area (TPSA) is 88.5 Å². The molecule has 0 aliphatic rings. The van der Waals surface area contributed by atoms with Crippen molar-refractivity contribution in [3.63, 3.8) is 0 Å². The number of amides is 1. The van der Waals surface area contributed by atoms with Gasteiger partial charge in [0, 0.05) is 13.5 Å². The molecular formula is C11H16N2O4S. The molecule has 100 valence electrons. The zero-order valence-corrected chi connectivity index (χ0v) is 11.2. The quantitative estimate of drug-likeness (QED) is 0.793. The van der Waals surface area contributed by atoms with Gasteiger partial charge in [0.15, 0.2) is 5.13 Å². The van der Waals surface area contributed by atoms with E-state index in [0.29, 0.717) is 17.2 Å². The summed E-state index contributed by atoms with van der Waals surface area (Å²) in [6.07, 6.45) is 2.15. The highest BCUT2D eigenvalue weighted by Crippen LogP contribution is 2.24. The lowest BCUT2D eigenvalue weighted by Crippen LogP contribution is -2.10. The first-order chi connectivity index (χ1) is 8.58. The van der Waals surface area contributed by atoms with Gasteiger partial charge >= 0.3 is 5.97 Å². The maximum atomic E-state index is 11.5. The molecule has 0 spiro atoms. The molecule has 1 amide bonds. The standard InChI is InChI=1S/C11H16N2O4S/c1-3-4-5-8(14)13-11-12-7(6-17-2)9(18-11)10(15)16/h3-6H2,1-2H3,(H,15,16)(H,12,13,14). The molecule has 0 unspecified atom stereocenters. The number of unbranched alkanes of at least 4 members (excludes halogenated alkanes) is 1. The number of aromatic carboxylic acids is 1. The molecule has 0 aliphatic heterocycles. The highest BCUT2D eigenvalue weighted by Gasteiger charge is 2.18. The number of ether oxygens (including phenoxy) is 1. The third-order valence-corrected chi connectivity index (χ3v) is 3.18. The molecule has 1 aromatic rings. The third kappa shape index (κ3) is 4.08. The molecular weight excluding hydrogens is 256 g/mol. The van der Waals surface area contributed by atoms with Crippen molar-refractivity contribution in [2.75, 3.05) is 12.4 Å². The fraction of sp³-hybridized carbons (Fsp3) is 0.545. The number of nitrogens with one attached hydrogen (secondary N) is 1. The second-order valence-corrected chi connectivity index (χ2v) is 4.68. The van der Waals surface area contributed by atoms with Gasteiger partial charge in [0.05, 0.1) is 12.3 Å². The minimum atomic E-state index is -1.06. The van der Waals surface area contributed by atoms with Crippen molar-refractivity contribution in [1.82, 2.24) is 4.98 Å². The first-order valence-electron chi connectivity index (χ1n) is 5.60. The molecule has 7 heteroatoms. The van der Waals surface area contributed by atoms with Crippen molar-refractivity contribution >= 4 is 28.3 Å². The molecule has 1 aromatic heterocycles. The molecule has 0 atom stereocenters. The molecule has 2 N–H and O–H groups in total. The van der Waals surface area contributed by atoms with E-state index in [-0.39, 0.29) is 17.4 Å². The van der Waals surface area contributed by atoms with Gasteiger partial charge in [0.2, 0.25) is 5.91 Å². The Hall–Kier alpha value is -1.47. The summed E-state index contributed by atoms with van der Waals surface area (Å²) < 4.78 is 4.87. The Bertz CT molecular complexity index is 431. The van der Waals surface area contributed by atoms with E-state index < -0.39 is 5.97 Å². The summed E-state index contributed by atoms with van der Waals surface area (Å²) >= 11 is 0.947. The maximum absolute atomic E-state index is 11.5. The van der Waals surface area contributed by atoms with Crippen LogP contribution in [0.25, 0.3) is 0 Å². The largest absolute Gasteiger partial charge is 0.477 e. The van der Waals surface area contributed by atoms with E-state index in [1.807, 2.05) is 6.92 Å². The summed E-state index contributed by atoms with van der Waals surface area (Å²) in [5.74, 6) is -1.21. The van der Waals surface area contributed by atoms with Crippen molar-refractivity contribution in [2.24, 2.45) is 0 Å². The fourth-order valence-corrected chi connectivity index (χ4v) is 2.15. The van der Waals surface area contributed by atoms with Gasteiger partial charge in [-0.1, -0.05) is 24.7 Å². The van der Waals surface area contributed by atoms with Crippen LogP contribution in [0.3, 0.4) is 0 Å². The SMILES string of the molecule is CCCCC(=O)Nc1nc(COC)c(C(=O)O)s1. The number of anilines is 1. The minimum Gasteiger partial charge on any atom is -0.477 e. The number of thiazole rings is 1. The van der Waals surface area contributed by atoms with Crippen LogP contribution in [0.5, 0.6) is 0 Å². The lowest BCUT2D eigenvalue weighted by molar-refractivity contribution is -0.116. The van der Waals surface area contributed by atoms with Gasteiger partial charge in [0.25, 0.3) is 0 Å². The normalized spacial score (nSPS) is 10.3. The minimum absolute atomic E-state index is 0.0997. The Morgan fingerprint density at radius 3 is 2.78 bits per heavy atom. The van der Waals surface area contributed by atoms with Gasteiger partial charge in [-0.15, -0.1) is 0 Å².